The predicted molar refractivity (Wildman–Crippen MR) is 101 cm³/mol. The molecule has 0 aliphatic rings. The highest BCUT2D eigenvalue weighted by Crippen LogP contribution is 2.33. The average molecular weight is 374 g/mol. The number of hydrogen-bond donors (Lipinski definition) is 1. The summed E-state index contributed by atoms with van der Waals surface area (Å²) in [5.41, 5.74) is 1.21. The van der Waals surface area contributed by atoms with Crippen LogP contribution in [-0.4, -0.2) is 24.5 Å². The Morgan fingerprint density at radius 2 is 1.69 bits per heavy atom. The molecule has 0 saturated carbocycles. The lowest BCUT2D eigenvalue weighted by atomic mass is 9.99. The van der Waals surface area contributed by atoms with E-state index in [4.69, 9.17) is 4.74 Å². The summed E-state index contributed by atoms with van der Waals surface area (Å²) in [6.07, 6.45) is 2.52. The van der Waals surface area contributed by atoms with Crippen molar-refractivity contribution in [2.45, 2.75) is 38.2 Å². The third kappa shape index (κ3) is 5.03. The molecular weight excluding hydrogens is 352 g/mol. The fourth-order valence-electron chi connectivity index (χ4n) is 2.52. The molecule has 0 saturated heterocycles. The van der Waals surface area contributed by atoms with Crippen LogP contribution in [0.15, 0.2) is 53.4 Å². The smallest absolute Gasteiger partial charge is 0.331 e. The van der Waals surface area contributed by atoms with Gasteiger partial charge in [-0.2, -0.15) is 8.42 Å². The number of esters is 1. The zero-order chi connectivity index (χ0) is 19.5. The minimum Gasteiger partial charge on any atom is -0.457 e. The second-order valence-corrected chi connectivity index (χ2v) is 8.24. The van der Waals surface area contributed by atoms with Gasteiger partial charge in [0, 0.05) is 11.6 Å². The molecule has 0 radical (unpaired) electrons. The molecule has 2 aromatic rings. The Bertz CT molecular complexity index is 936. The van der Waals surface area contributed by atoms with Crippen LogP contribution in [0.4, 0.5) is 0 Å². The van der Waals surface area contributed by atoms with E-state index in [1.807, 2.05) is 6.07 Å². The van der Waals surface area contributed by atoms with Gasteiger partial charge < -0.3 is 4.74 Å². The third-order valence-corrected chi connectivity index (χ3v) is 4.51. The van der Waals surface area contributed by atoms with Crippen molar-refractivity contribution < 1.29 is 22.5 Å². The minimum atomic E-state index is -4.52. The summed E-state index contributed by atoms with van der Waals surface area (Å²) in [6.45, 7) is 6.93. The minimum absolute atomic E-state index is 0.233. The molecular formula is C20H22O5S. The molecule has 0 aromatic heterocycles. The largest absolute Gasteiger partial charge is 0.457 e. The first kappa shape index (κ1) is 19.9. The van der Waals surface area contributed by atoms with Gasteiger partial charge in [0.2, 0.25) is 0 Å². The van der Waals surface area contributed by atoms with Crippen molar-refractivity contribution in [1.29, 1.82) is 0 Å². The van der Waals surface area contributed by atoms with Crippen LogP contribution < -0.4 is 0 Å². The summed E-state index contributed by atoms with van der Waals surface area (Å²) in [6, 6.07) is 12.2. The van der Waals surface area contributed by atoms with Gasteiger partial charge in [0.25, 0.3) is 10.1 Å². The first-order valence-electron chi connectivity index (χ1n) is 8.06. The van der Waals surface area contributed by atoms with Gasteiger partial charge in [0.1, 0.15) is 10.5 Å². The molecule has 0 atom stereocenters. The summed E-state index contributed by atoms with van der Waals surface area (Å²) in [7, 11) is -4.52. The van der Waals surface area contributed by atoms with Gasteiger partial charge in [0.15, 0.2) is 0 Å². The first-order valence-corrected chi connectivity index (χ1v) is 9.50. The molecule has 0 unspecified atom stereocenters. The zero-order valence-corrected chi connectivity index (χ0v) is 16.0. The topological polar surface area (TPSA) is 80.7 Å². The monoisotopic (exact) mass is 374 g/mol. The number of rotatable bonds is 4. The Balaban J connectivity index is 2.61. The van der Waals surface area contributed by atoms with Crippen molar-refractivity contribution >= 4 is 22.2 Å². The van der Waals surface area contributed by atoms with Crippen LogP contribution in [0.2, 0.25) is 0 Å². The van der Waals surface area contributed by atoms with Gasteiger partial charge in [0.05, 0.1) is 0 Å². The molecule has 0 bridgehead atoms. The van der Waals surface area contributed by atoms with Crippen LogP contribution in [0.5, 0.6) is 0 Å². The molecule has 0 spiro atoms. The summed E-state index contributed by atoms with van der Waals surface area (Å²) >= 11 is 0. The Labute approximate surface area is 154 Å². The number of benzene rings is 2. The molecule has 5 nitrogen and oxygen atoms in total. The van der Waals surface area contributed by atoms with E-state index in [1.54, 1.807) is 64.1 Å². The van der Waals surface area contributed by atoms with E-state index < -0.39 is 21.7 Å². The summed E-state index contributed by atoms with van der Waals surface area (Å²) < 4.78 is 39.2. The predicted octanol–water partition coefficient (Wildman–Crippen LogP) is 4.26. The third-order valence-electron chi connectivity index (χ3n) is 3.55. The molecule has 6 heteroatoms. The van der Waals surface area contributed by atoms with Crippen LogP contribution in [0.1, 0.15) is 31.9 Å². The number of ether oxygens (including phenoxy) is 1. The van der Waals surface area contributed by atoms with Crippen LogP contribution >= 0.6 is 0 Å². The Morgan fingerprint density at radius 1 is 1.08 bits per heavy atom. The fourth-order valence-corrected chi connectivity index (χ4v) is 3.49. The van der Waals surface area contributed by atoms with Crippen molar-refractivity contribution in [1.82, 2.24) is 0 Å². The van der Waals surface area contributed by atoms with Crippen LogP contribution in [-0.2, 0) is 19.6 Å². The lowest BCUT2D eigenvalue weighted by molar-refractivity contribution is -0.148. The molecule has 2 aromatic carbocycles. The van der Waals surface area contributed by atoms with Crippen molar-refractivity contribution in [3.63, 3.8) is 0 Å². The Morgan fingerprint density at radius 3 is 2.23 bits per heavy atom. The van der Waals surface area contributed by atoms with Crippen molar-refractivity contribution in [2.75, 3.05) is 0 Å². The zero-order valence-electron chi connectivity index (χ0n) is 15.2. The van der Waals surface area contributed by atoms with E-state index in [1.165, 1.54) is 6.08 Å². The molecule has 0 aliphatic heterocycles. The highest BCUT2D eigenvalue weighted by Gasteiger charge is 2.22. The molecule has 0 heterocycles. The average Bonchev–Trinajstić information content (AvgIpc) is 2.51. The van der Waals surface area contributed by atoms with Crippen molar-refractivity contribution in [3.05, 3.63) is 59.7 Å². The van der Waals surface area contributed by atoms with E-state index in [0.717, 1.165) is 6.08 Å². The van der Waals surface area contributed by atoms with E-state index in [-0.39, 0.29) is 10.5 Å². The number of hydrogen-bond acceptors (Lipinski definition) is 4. The van der Waals surface area contributed by atoms with E-state index in [2.05, 4.69) is 0 Å². The number of carbonyl (C=O) groups excluding carboxylic acids is 1. The molecule has 0 aliphatic carbocycles. The van der Waals surface area contributed by atoms with Crippen LogP contribution in [0.25, 0.3) is 17.2 Å². The van der Waals surface area contributed by atoms with Crippen molar-refractivity contribution in [2.24, 2.45) is 0 Å². The fraction of sp³-hybridized carbons (Fsp3) is 0.250. The maximum absolute atomic E-state index is 12.1. The normalized spacial score (nSPS) is 12.3. The standard InChI is InChI=1S/C20H22O5S/c1-14-10-11-17(15-8-6-5-7-9-15)19(26(22,23)24)16(14)12-13-18(21)25-20(2,3)4/h5-13H,1-4H3,(H,22,23,24)/b13-12+. The summed E-state index contributed by atoms with van der Waals surface area (Å²) in [4.78, 5) is 11.7. The van der Waals surface area contributed by atoms with Gasteiger partial charge >= 0.3 is 5.97 Å². The summed E-state index contributed by atoms with van der Waals surface area (Å²) in [5.74, 6) is -0.594. The highest BCUT2D eigenvalue weighted by atomic mass is 32.2. The van der Waals surface area contributed by atoms with E-state index in [9.17, 15) is 17.8 Å². The van der Waals surface area contributed by atoms with Gasteiger partial charge in [-0.25, -0.2) is 4.79 Å². The number of carbonyl (C=O) groups is 1. The van der Waals surface area contributed by atoms with Gasteiger partial charge in [-0.3, -0.25) is 4.55 Å². The van der Waals surface area contributed by atoms with Crippen LogP contribution in [0, 0.1) is 6.92 Å². The highest BCUT2D eigenvalue weighted by molar-refractivity contribution is 7.86. The maximum atomic E-state index is 12.1. The second-order valence-electron chi connectivity index (χ2n) is 6.88. The lowest BCUT2D eigenvalue weighted by Gasteiger charge is -2.18. The van der Waals surface area contributed by atoms with E-state index >= 15 is 0 Å². The second kappa shape index (κ2) is 7.43. The first-order chi connectivity index (χ1) is 12.0. The van der Waals surface area contributed by atoms with E-state index in [0.29, 0.717) is 16.7 Å². The van der Waals surface area contributed by atoms with Gasteiger partial charge in [-0.1, -0.05) is 42.5 Å². The molecule has 2 rings (SSSR count). The Kier molecular flexibility index (Phi) is 5.68. The maximum Gasteiger partial charge on any atom is 0.331 e. The molecule has 1 N–H and O–H groups in total. The Hall–Kier alpha value is -2.44. The van der Waals surface area contributed by atoms with Gasteiger partial charge in [-0.05, 0) is 50.5 Å². The molecule has 0 amide bonds. The lowest BCUT2D eigenvalue weighted by Crippen LogP contribution is -2.22. The quantitative estimate of drug-likeness (QED) is 0.491. The van der Waals surface area contributed by atoms with Crippen molar-refractivity contribution in [3.8, 4) is 11.1 Å². The SMILES string of the molecule is Cc1ccc(-c2ccccc2)c(S(=O)(=O)O)c1/C=C/C(=O)OC(C)(C)C. The number of aryl methyl sites for hydroxylation is 1. The molecule has 0 fully saturated rings. The summed E-state index contributed by atoms with van der Waals surface area (Å²) in [5, 5.41) is 0. The van der Waals surface area contributed by atoms with Gasteiger partial charge in [-0.15, -0.1) is 0 Å². The molecule has 26 heavy (non-hydrogen) atoms. The van der Waals surface area contributed by atoms with Crippen LogP contribution in [0.3, 0.4) is 0 Å². The molecule has 138 valence electrons.